The number of carbonyl (C=O) groups is 1. The van der Waals surface area contributed by atoms with Crippen molar-refractivity contribution in [3.8, 4) is 5.75 Å². The van der Waals surface area contributed by atoms with Crippen LogP contribution in [-0.4, -0.2) is 23.8 Å². The molecule has 1 aliphatic heterocycles. The molecule has 1 aromatic rings. The fourth-order valence-electron chi connectivity index (χ4n) is 1.27. The Labute approximate surface area is 92.8 Å². The van der Waals surface area contributed by atoms with Crippen LogP contribution in [-0.2, 0) is 4.74 Å². The highest BCUT2D eigenvalue weighted by Crippen LogP contribution is 2.20. The highest BCUT2D eigenvalue weighted by atomic mass is 32.2. The molecule has 0 N–H and O–H groups in total. The summed E-state index contributed by atoms with van der Waals surface area (Å²) in [5.74, 6) is 1.50. The number of aryl methyl sites for hydroxylation is 1. The Bertz CT molecular complexity index is 347. The number of ether oxygens (including phenoxy) is 2. The minimum atomic E-state index is -0.201. The third-order valence-electron chi connectivity index (χ3n) is 2.11. The number of cyclic esters (lactones) is 1. The molecule has 4 heteroatoms. The van der Waals surface area contributed by atoms with E-state index in [1.807, 2.05) is 31.2 Å². The van der Waals surface area contributed by atoms with Crippen molar-refractivity contribution in [2.45, 2.75) is 13.0 Å². The summed E-state index contributed by atoms with van der Waals surface area (Å²) in [5, 5.41) is -0.201. The molecule has 15 heavy (non-hydrogen) atoms. The molecule has 1 heterocycles. The molecule has 0 amide bonds. The molecule has 1 fully saturated rings. The van der Waals surface area contributed by atoms with Crippen molar-refractivity contribution in [3.63, 3.8) is 0 Å². The second-order valence-corrected chi connectivity index (χ2v) is 4.38. The first kappa shape index (κ1) is 10.4. The Morgan fingerprint density at radius 3 is 2.80 bits per heavy atom. The van der Waals surface area contributed by atoms with Crippen LogP contribution >= 0.6 is 11.8 Å². The van der Waals surface area contributed by atoms with Gasteiger partial charge in [0.15, 0.2) is 0 Å². The van der Waals surface area contributed by atoms with E-state index in [9.17, 15) is 4.79 Å². The monoisotopic (exact) mass is 224 g/mol. The Balaban J connectivity index is 1.83. The topological polar surface area (TPSA) is 35.5 Å². The summed E-state index contributed by atoms with van der Waals surface area (Å²) in [7, 11) is 0. The maximum absolute atomic E-state index is 10.8. The fourth-order valence-corrected chi connectivity index (χ4v) is 1.96. The SMILES string of the molecule is Cc1ccc(OCC2CSC(=O)O2)cc1. The van der Waals surface area contributed by atoms with Gasteiger partial charge in [0, 0.05) is 5.75 Å². The maximum Gasteiger partial charge on any atom is 0.367 e. The second-order valence-electron chi connectivity index (χ2n) is 3.42. The van der Waals surface area contributed by atoms with Gasteiger partial charge >= 0.3 is 5.30 Å². The Morgan fingerprint density at radius 2 is 2.20 bits per heavy atom. The van der Waals surface area contributed by atoms with E-state index >= 15 is 0 Å². The number of hydrogen-bond acceptors (Lipinski definition) is 4. The van der Waals surface area contributed by atoms with Crippen molar-refractivity contribution >= 4 is 17.1 Å². The van der Waals surface area contributed by atoms with Crippen molar-refractivity contribution in [1.82, 2.24) is 0 Å². The van der Waals surface area contributed by atoms with Gasteiger partial charge in [-0.1, -0.05) is 17.7 Å². The average molecular weight is 224 g/mol. The number of benzene rings is 1. The number of rotatable bonds is 3. The molecule has 0 aromatic heterocycles. The first-order valence-electron chi connectivity index (χ1n) is 4.77. The molecule has 1 unspecified atom stereocenters. The standard InChI is InChI=1S/C11H12O3S/c1-8-2-4-9(5-3-8)13-6-10-7-15-11(12)14-10/h2-5,10H,6-7H2,1H3. The minimum Gasteiger partial charge on any atom is -0.490 e. The molecular formula is C11H12O3S. The average Bonchev–Trinajstić information content (AvgIpc) is 2.64. The lowest BCUT2D eigenvalue weighted by molar-refractivity contribution is 0.106. The van der Waals surface area contributed by atoms with Crippen LogP contribution in [0.2, 0.25) is 0 Å². The largest absolute Gasteiger partial charge is 0.490 e. The molecule has 0 aliphatic carbocycles. The van der Waals surface area contributed by atoms with Gasteiger partial charge in [-0.15, -0.1) is 0 Å². The minimum absolute atomic E-state index is 0.108. The molecule has 0 saturated carbocycles. The number of hydrogen-bond donors (Lipinski definition) is 0. The van der Waals surface area contributed by atoms with Crippen LogP contribution in [0, 0.1) is 6.92 Å². The van der Waals surface area contributed by atoms with Gasteiger partial charge in [0.2, 0.25) is 0 Å². The van der Waals surface area contributed by atoms with E-state index in [-0.39, 0.29) is 11.4 Å². The van der Waals surface area contributed by atoms with Crippen molar-refractivity contribution in [1.29, 1.82) is 0 Å². The third-order valence-corrected chi connectivity index (χ3v) is 2.98. The molecule has 1 aromatic carbocycles. The van der Waals surface area contributed by atoms with Gasteiger partial charge in [-0.3, -0.25) is 0 Å². The maximum atomic E-state index is 10.8. The Kier molecular flexibility index (Phi) is 3.16. The zero-order valence-electron chi connectivity index (χ0n) is 8.43. The third kappa shape index (κ3) is 2.89. The van der Waals surface area contributed by atoms with Crippen molar-refractivity contribution < 1.29 is 14.3 Å². The van der Waals surface area contributed by atoms with Gasteiger partial charge < -0.3 is 9.47 Å². The van der Waals surface area contributed by atoms with Gasteiger partial charge in [0.1, 0.15) is 18.5 Å². The molecule has 0 radical (unpaired) electrons. The van der Waals surface area contributed by atoms with Crippen LogP contribution in [0.25, 0.3) is 0 Å². The zero-order chi connectivity index (χ0) is 10.7. The molecule has 0 bridgehead atoms. The summed E-state index contributed by atoms with van der Waals surface area (Å²) in [6.07, 6.45) is -0.108. The Hall–Kier alpha value is -1.16. The predicted molar refractivity (Wildman–Crippen MR) is 59.4 cm³/mol. The van der Waals surface area contributed by atoms with Gasteiger partial charge in [0.05, 0.1) is 0 Å². The summed E-state index contributed by atoms with van der Waals surface area (Å²) in [6.45, 7) is 2.46. The van der Waals surface area contributed by atoms with E-state index < -0.39 is 0 Å². The van der Waals surface area contributed by atoms with Crippen molar-refractivity contribution in [2.24, 2.45) is 0 Å². The molecule has 1 atom stereocenters. The first-order valence-corrected chi connectivity index (χ1v) is 5.75. The van der Waals surface area contributed by atoms with Crippen molar-refractivity contribution in [3.05, 3.63) is 29.8 Å². The Morgan fingerprint density at radius 1 is 1.47 bits per heavy atom. The van der Waals surface area contributed by atoms with E-state index in [2.05, 4.69) is 0 Å². The van der Waals surface area contributed by atoms with Crippen LogP contribution in [0.4, 0.5) is 4.79 Å². The van der Waals surface area contributed by atoms with E-state index in [1.165, 1.54) is 17.3 Å². The quantitative estimate of drug-likeness (QED) is 0.739. The molecule has 2 rings (SSSR count). The van der Waals surface area contributed by atoms with Crippen LogP contribution in [0.15, 0.2) is 24.3 Å². The normalized spacial score (nSPS) is 20.1. The molecule has 1 aliphatic rings. The van der Waals surface area contributed by atoms with Gasteiger partial charge in [-0.25, -0.2) is 4.79 Å². The van der Waals surface area contributed by atoms with Gasteiger partial charge in [0.25, 0.3) is 0 Å². The van der Waals surface area contributed by atoms with Crippen LogP contribution in [0.5, 0.6) is 5.75 Å². The molecule has 0 spiro atoms. The van der Waals surface area contributed by atoms with Crippen LogP contribution in [0.1, 0.15) is 5.56 Å². The first-order chi connectivity index (χ1) is 7.24. The molecule has 1 saturated heterocycles. The van der Waals surface area contributed by atoms with Gasteiger partial charge in [-0.2, -0.15) is 0 Å². The van der Waals surface area contributed by atoms with E-state index in [0.717, 1.165) is 5.75 Å². The number of carbonyl (C=O) groups excluding carboxylic acids is 1. The second kappa shape index (κ2) is 4.57. The van der Waals surface area contributed by atoms with Crippen LogP contribution < -0.4 is 4.74 Å². The summed E-state index contributed by atoms with van der Waals surface area (Å²) in [5.41, 5.74) is 1.20. The summed E-state index contributed by atoms with van der Waals surface area (Å²) in [6, 6.07) is 7.81. The predicted octanol–water partition coefficient (Wildman–Crippen LogP) is 2.63. The highest BCUT2D eigenvalue weighted by molar-refractivity contribution is 8.13. The molecule has 80 valence electrons. The van der Waals surface area contributed by atoms with E-state index in [1.54, 1.807) is 0 Å². The summed E-state index contributed by atoms with van der Waals surface area (Å²) in [4.78, 5) is 10.8. The lowest BCUT2D eigenvalue weighted by atomic mass is 10.2. The van der Waals surface area contributed by atoms with Crippen molar-refractivity contribution in [2.75, 3.05) is 12.4 Å². The fraction of sp³-hybridized carbons (Fsp3) is 0.364. The number of thioether (sulfide) groups is 1. The smallest absolute Gasteiger partial charge is 0.367 e. The lowest BCUT2D eigenvalue weighted by Crippen LogP contribution is -2.19. The van der Waals surface area contributed by atoms with E-state index in [4.69, 9.17) is 9.47 Å². The summed E-state index contributed by atoms with van der Waals surface area (Å²) < 4.78 is 10.5. The molecule has 3 nitrogen and oxygen atoms in total. The highest BCUT2D eigenvalue weighted by Gasteiger charge is 2.24. The zero-order valence-corrected chi connectivity index (χ0v) is 9.25. The lowest BCUT2D eigenvalue weighted by Gasteiger charge is -2.10. The summed E-state index contributed by atoms with van der Waals surface area (Å²) >= 11 is 1.20. The van der Waals surface area contributed by atoms with Gasteiger partial charge in [-0.05, 0) is 30.8 Å². The van der Waals surface area contributed by atoms with Crippen LogP contribution in [0.3, 0.4) is 0 Å². The molecular weight excluding hydrogens is 212 g/mol. The van der Waals surface area contributed by atoms with E-state index in [0.29, 0.717) is 12.4 Å².